The van der Waals surface area contributed by atoms with Gasteiger partial charge in [0, 0.05) is 0 Å². The summed E-state index contributed by atoms with van der Waals surface area (Å²) in [5.41, 5.74) is 0. The van der Waals surface area contributed by atoms with Crippen LogP contribution in [0.3, 0.4) is 0 Å². The summed E-state index contributed by atoms with van der Waals surface area (Å²) in [7, 11) is 1.76. The van der Waals surface area contributed by atoms with Crippen molar-refractivity contribution in [2.45, 2.75) is 12.5 Å². The SMILES string of the molecule is CO[C@@H](CI)CC[I-]N. The van der Waals surface area contributed by atoms with Gasteiger partial charge in [-0.25, -0.2) is 0 Å². The van der Waals surface area contributed by atoms with Crippen LogP contribution in [0.25, 0.3) is 0 Å². The molecule has 0 heterocycles. The first-order valence-corrected chi connectivity index (χ1v) is 7.01. The van der Waals surface area contributed by atoms with Gasteiger partial charge in [0.2, 0.25) is 0 Å². The van der Waals surface area contributed by atoms with E-state index in [9.17, 15) is 0 Å². The molecular weight excluding hydrogens is 344 g/mol. The van der Waals surface area contributed by atoms with Gasteiger partial charge in [0.15, 0.2) is 0 Å². The Kier molecular flexibility index (Phi) is 8.63. The second kappa shape index (κ2) is 7.49. The normalized spacial score (nSPS) is 14.1. The van der Waals surface area contributed by atoms with Crippen molar-refractivity contribution in [1.29, 1.82) is 0 Å². The number of rotatable bonds is 5. The maximum absolute atomic E-state index is 5.44. The van der Waals surface area contributed by atoms with Gasteiger partial charge < -0.3 is 0 Å². The van der Waals surface area contributed by atoms with Gasteiger partial charge in [-0.1, -0.05) is 0 Å². The van der Waals surface area contributed by atoms with E-state index in [-0.39, 0.29) is 21.5 Å². The minimum atomic E-state index is -0.0217. The molecule has 0 radical (unpaired) electrons. The van der Waals surface area contributed by atoms with E-state index in [1.165, 1.54) is 4.43 Å². The van der Waals surface area contributed by atoms with Crippen molar-refractivity contribution in [2.24, 2.45) is 3.95 Å². The molecule has 9 heavy (non-hydrogen) atoms. The Hall–Kier alpha value is 1.38. The van der Waals surface area contributed by atoms with Crippen LogP contribution in [0.1, 0.15) is 6.42 Å². The van der Waals surface area contributed by atoms with Gasteiger partial charge in [-0.2, -0.15) is 0 Å². The zero-order chi connectivity index (χ0) is 7.11. The van der Waals surface area contributed by atoms with Crippen LogP contribution in [0.5, 0.6) is 0 Å². The molecule has 0 aromatic heterocycles. The van der Waals surface area contributed by atoms with E-state index in [0.717, 1.165) is 10.8 Å². The molecule has 0 fully saturated rings. The van der Waals surface area contributed by atoms with E-state index in [1.807, 2.05) is 0 Å². The van der Waals surface area contributed by atoms with Crippen LogP contribution in [-0.4, -0.2) is 22.1 Å². The molecule has 2 N–H and O–H groups in total. The van der Waals surface area contributed by atoms with E-state index >= 15 is 0 Å². The van der Waals surface area contributed by atoms with Gasteiger partial charge in [-0.05, 0) is 0 Å². The molecule has 0 saturated carbocycles. The molecule has 4 heteroatoms. The third kappa shape index (κ3) is 5.81. The molecule has 0 aliphatic heterocycles. The average molecular weight is 356 g/mol. The maximum atomic E-state index is 5.44. The molecule has 2 nitrogen and oxygen atoms in total. The molecule has 0 saturated heterocycles. The van der Waals surface area contributed by atoms with Gasteiger partial charge in [0.25, 0.3) is 0 Å². The molecule has 1 atom stereocenters. The summed E-state index contributed by atoms with van der Waals surface area (Å²) in [5.74, 6) is 0. The molecular formula is C5H12I2NO-. The number of hydrogen-bond acceptors (Lipinski definition) is 2. The summed E-state index contributed by atoms with van der Waals surface area (Å²) >= 11 is 2.31. The van der Waals surface area contributed by atoms with Crippen LogP contribution in [0.15, 0.2) is 0 Å². The molecule has 0 aromatic rings. The standard InChI is InChI=1S/C5H12I2NO/c1-9-5(4-6)2-3-7-8/h5H,2-4,8H2,1H3/q-1/t5-/m1/s1. The first-order chi connectivity index (χ1) is 4.35. The van der Waals surface area contributed by atoms with Crippen molar-refractivity contribution in [3.05, 3.63) is 0 Å². The van der Waals surface area contributed by atoms with Gasteiger partial charge in [-0.15, -0.1) is 0 Å². The monoisotopic (exact) mass is 356 g/mol. The predicted molar refractivity (Wildman–Crippen MR) is 43.4 cm³/mol. The van der Waals surface area contributed by atoms with E-state index in [4.69, 9.17) is 8.68 Å². The first-order valence-electron chi connectivity index (χ1n) is 2.71. The van der Waals surface area contributed by atoms with Crippen molar-refractivity contribution < 1.29 is 26.2 Å². The second-order valence-electron chi connectivity index (χ2n) is 1.64. The molecule has 0 aromatic carbocycles. The summed E-state index contributed by atoms with van der Waals surface area (Å²) in [6, 6.07) is 0. The number of hydrogen-bond donors (Lipinski definition) is 1. The first kappa shape index (κ1) is 10.4. The second-order valence-corrected chi connectivity index (χ2v) is 4.48. The topological polar surface area (TPSA) is 35.2 Å². The molecule has 0 bridgehead atoms. The quantitative estimate of drug-likeness (QED) is 0.345. The van der Waals surface area contributed by atoms with E-state index < -0.39 is 0 Å². The fraction of sp³-hybridized carbons (Fsp3) is 1.00. The van der Waals surface area contributed by atoms with Crippen LogP contribution in [0, 0.1) is 0 Å². The third-order valence-electron chi connectivity index (χ3n) is 1.05. The Bertz CT molecular complexity index is 58.9. The van der Waals surface area contributed by atoms with E-state index in [1.54, 1.807) is 7.11 Å². The van der Waals surface area contributed by atoms with Crippen molar-refractivity contribution in [3.63, 3.8) is 0 Å². The average Bonchev–Trinajstić information content (AvgIpc) is 1.91. The van der Waals surface area contributed by atoms with Crippen molar-refractivity contribution in [3.8, 4) is 0 Å². The fourth-order valence-corrected chi connectivity index (χ4v) is 2.30. The van der Waals surface area contributed by atoms with E-state index in [2.05, 4.69) is 22.6 Å². The summed E-state index contributed by atoms with van der Waals surface area (Å²) < 4.78 is 12.9. The van der Waals surface area contributed by atoms with Crippen LogP contribution >= 0.6 is 22.6 Å². The van der Waals surface area contributed by atoms with Crippen molar-refractivity contribution in [1.82, 2.24) is 0 Å². The minimum absolute atomic E-state index is 0.0217. The molecule has 0 rings (SSSR count). The number of nitrogens with two attached hydrogens (primary N) is 1. The van der Waals surface area contributed by atoms with Crippen LogP contribution in [-0.2, 0) is 4.74 Å². The zero-order valence-corrected chi connectivity index (χ0v) is 9.76. The molecule has 58 valence electrons. The van der Waals surface area contributed by atoms with Gasteiger partial charge >= 0.3 is 81.2 Å². The zero-order valence-electron chi connectivity index (χ0n) is 5.44. The van der Waals surface area contributed by atoms with Gasteiger partial charge in [0.1, 0.15) is 0 Å². The predicted octanol–water partition coefficient (Wildman–Crippen LogP) is -2.21. The summed E-state index contributed by atoms with van der Waals surface area (Å²) in [6.07, 6.45) is 1.58. The van der Waals surface area contributed by atoms with Crippen LogP contribution in [0.2, 0.25) is 0 Å². The Balaban J connectivity index is 3.09. The van der Waals surface area contributed by atoms with Gasteiger partial charge in [0.05, 0.1) is 0 Å². The van der Waals surface area contributed by atoms with Crippen molar-refractivity contribution in [2.75, 3.05) is 16.0 Å². The summed E-state index contributed by atoms with van der Waals surface area (Å²) in [5, 5.41) is 0. The molecule has 0 unspecified atom stereocenters. The molecule has 0 amide bonds. The van der Waals surface area contributed by atoms with Crippen LogP contribution < -0.4 is 25.4 Å². The Morgan fingerprint density at radius 2 is 2.44 bits per heavy atom. The molecule has 0 aliphatic rings. The van der Waals surface area contributed by atoms with Crippen LogP contribution in [0.4, 0.5) is 0 Å². The Morgan fingerprint density at radius 3 is 2.78 bits per heavy atom. The van der Waals surface area contributed by atoms with E-state index in [0.29, 0.717) is 6.10 Å². The summed E-state index contributed by atoms with van der Waals surface area (Å²) in [6.45, 7) is 0. The Labute approximate surface area is 80.7 Å². The summed E-state index contributed by atoms with van der Waals surface area (Å²) in [4.78, 5) is 0. The number of ether oxygens (including phenoxy) is 1. The number of alkyl halides is 2. The third-order valence-corrected chi connectivity index (χ3v) is 3.27. The van der Waals surface area contributed by atoms with Crippen molar-refractivity contribution >= 4 is 22.6 Å². The van der Waals surface area contributed by atoms with Gasteiger partial charge in [-0.3, -0.25) is 0 Å². The number of halogens is 2. The molecule has 0 spiro atoms. The fourth-order valence-electron chi connectivity index (χ4n) is 0.443. The number of methoxy groups -OCH3 is 1. The molecule has 0 aliphatic carbocycles. The Morgan fingerprint density at radius 1 is 1.78 bits per heavy atom.